The van der Waals surface area contributed by atoms with Gasteiger partial charge in [-0.15, -0.1) is 12.1 Å². The van der Waals surface area contributed by atoms with Crippen LogP contribution in [-0.2, 0) is 21.1 Å². The van der Waals surface area contributed by atoms with Crippen molar-refractivity contribution in [2.75, 3.05) is 0 Å². The Morgan fingerprint density at radius 3 is 2.30 bits per heavy atom. The quantitative estimate of drug-likeness (QED) is 0.361. The number of benzene rings is 1. The zero-order chi connectivity index (χ0) is 6.53. The Morgan fingerprint density at radius 2 is 1.80 bits per heavy atom. The van der Waals surface area contributed by atoms with E-state index in [2.05, 4.69) is 11.4 Å². The van der Waals surface area contributed by atoms with Crippen molar-refractivity contribution in [3.05, 3.63) is 35.9 Å². The predicted molar refractivity (Wildman–Crippen MR) is 34.8 cm³/mol. The smallest absolute Gasteiger partial charge is 0 e. The molecule has 0 heterocycles. The van der Waals surface area contributed by atoms with Gasteiger partial charge in [0.05, 0.1) is 0 Å². The fourth-order valence-electron chi connectivity index (χ4n) is 0.570. The maximum atomic E-state index is 8.03. The summed E-state index contributed by atoms with van der Waals surface area (Å²) >= 11 is 0. The van der Waals surface area contributed by atoms with E-state index in [0.29, 0.717) is 0 Å². The second kappa shape index (κ2) is 5.19. The Bertz CT molecular complexity index is 198. The molecule has 0 aromatic heterocycles. The average Bonchev–Trinajstić information content (AvgIpc) is 1.91. The molecule has 1 aromatic carbocycles. The molecule has 0 fully saturated rings. The Balaban J connectivity index is 0.000000810. The minimum atomic E-state index is 0. The molecule has 0 aliphatic rings. The van der Waals surface area contributed by atoms with Crippen molar-refractivity contribution in [2.45, 2.75) is 0 Å². The molecule has 0 bridgehead atoms. The van der Waals surface area contributed by atoms with E-state index in [4.69, 9.17) is 5.21 Å². The molecule has 3 heteroatoms. The summed E-state index contributed by atoms with van der Waals surface area (Å²) in [6.07, 6.45) is 2.39. The molecule has 2 nitrogen and oxygen atoms in total. The monoisotopic (exact) mass is 304 g/mol. The van der Waals surface area contributed by atoms with Gasteiger partial charge in [-0.25, -0.2) is 0 Å². The normalized spacial score (nSPS) is 9.20. The first-order valence-electron chi connectivity index (χ1n) is 2.58. The topological polar surface area (TPSA) is 32.6 Å². The summed E-state index contributed by atoms with van der Waals surface area (Å²) in [4.78, 5) is 0. The summed E-state index contributed by atoms with van der Waals surface area (Å²) < 4.78 is 0. The average molecular weight is 304 g/mol. The SMILES string of the molecule is ON=[C-]c1ccccc1.[W]. The van der Waals surface area contributed by atoms with E-state index in [1.165, 1.54) is 0 Å². The van der Waals surface area contributed by atoms with Gasteiger partial charge in [-0.3, -0.25) is 0 Å². The first-order chi connectivity index (χ1) is 4.43. The van der Waals surface area contributed by atoms with Crippen molar-refractivity contribution in [1.82, 2.24) is 0 Å². The van der Waals surface area contributed by atoms with Crippen LogP contribution in [0, 0.1) is 0 Å². The minimum absolute atomic E-state index is 0. The molecule has 0 radical (unpaired) electrons. The molecule has 1 N–H and O–H groups in total. The maximum Gasteiger partial charge on any atom is 0 e. The molecule has 0 atom stereocenters. The van der Waals surface area contributed by atoms with Gasteiger partial charge < -0.3 is 5.21 Å². The van der Waals surface area contributed by atoms with Crippen molar-refractivity contribution >= 4 is 6.21 Å². The van der Waals surface area contributed by atoms with Crippen LogP contribution in [0.25, 0.3) is 0 Å². The summed E-state index contributed by atoms with van der Waals surface area (Å²) in [6, 6.07) is 9.21. The third kappa shape index (κ3) is 2.79. The molecule has 10 heavy (non-hydrogen) atoms. The van der Waals surface area contributed by atoms with Gasteiger partial charge in [0.1, 0.15) is 0 Å². The van der Waals surface area contributed by atoms with E-state index in [9.17, 15) is 0 Å². The number of hydrogen-bond donors (Lipinski definition) is 1. The number of rotatable bonds is 1. The number of hydrogen-bond acceptors (Lipinski definition) is 2. The zero-order valence-corrected chi connectivity index (χ0v) is 8.12. The molecule has 0 aliphatic carbocycles. The largest absolute Gasteiger partial charge is 0.423 e. The van der Waals surface area contributed by atoms with E-state index in [0.717, 1.165) is 5.56 Å². The van der Waals surface area contributed by atoms with Gasteiger partial charge in [-0.2, -0.15) is 22.9 Å². The minimum Gasteiger partial charge on any atom is -0.423 e. The van der Waals surface area contributed by atoms with Crippen LogP contribution >= 0.6 is 0 Å². The van der Waals surface area contributed by atoms with Gasteiger partial charge >= 0.3 is 0 Å². The van der Waals surface area contributed by atoms with Gasteiger partial charge in [0.15, 0.2) is 0 Å². The molecular weight excluding hydrogens is 298 g/mol. The number of nitrogens with zero attached hydrogens (tertiary/aromatic N) is 1. The van der Waals surface area contributed by atoms with Crippen LogP contribution in [-0.4, -0.2) is 11.4 Å². The summed E-state index contributed by atoms with van der Waals surface area (Å²) in [6.45, 7) is 0. The van der Waals surface area contributed by atoms with Gasteiger partial charge in [0.25, 0.3) is 0 Å². The fraction of sp³-hybridized carbons (Fsp3) is 0. The summed E-state index contributed by atoms with van der Waals surface area (Å²) in [5.41, 5.74) is 0.778. The van der Waals surface area contributed by atoms with Crippen LogP contribution in [0.5, 0.6) is 0 Å². The van der Waals surface area contributed by atoms with Crippen molar-refractivity contribution in [3.8, 4) is 0 Å². The van der Waals surface area contributed by atoms with Gasteiger partial charge in [-0.1, -0.05) is 6.07 Å². The third-order valence-electron chi connectivity index (χ3n) is 0.953. The van der Waals surface area contributed by atoms with Crippen LogP contribution in [0.1, 0.15) is 5.56 Å². The van der Waals surface area contributed by atoms with E-state index < -0.39 is 0 Å². The first-order valence-corrected chi connectivity index (χ1v) is 2.58. The second-order valence-corrected chi connectivity index (χ2v) is 1.58. The zero-order valence-electron chi connectivity index (χ0n) is 5.19. The van der Waals surface area contributed by atoms with Crippen molar-refractivity contribution in [1.29, 1.82) is 0 Å². The maximum absolute atomic E-state index is 8.03. The van der Waals surface area contributed by atoms with Crippen LogP contribution in [0.3, 0.4) is 0 Å². The Kier molecular flexibility index (Phi) is 4.86. The molecule has 0 amide bonds. The van der Waals surface area contributed by atoms with E-state index in [-0.39, 0.29) is 21.1 Å². The summed E-state index contributed by atoms with van der Waals surface area (Å²) in [5, 5.41) is 10.8. The first kappa shape index (κ1) is 9.38. The Hall–Kier alpha value is -0.622. The fourth-order valence-corrected chi connectivity index (χ4v) is 0.570. The molecule has 1 rings (SSSR count). The molecule has 0 saturated heterocycles. The standard InChI is InChI=1S/C7H6NO.W/c9-8-6-7-4-2-1-3-5-7;/h1-5,9H;/q-1;. The molecule has 1 aromatic rings. The van der Waals surface area contributed by atoms with E-state index in [1.54, 1.807) is 12.1 Å². The summed E-state index contributed by atoms with van der Waals surface area (Å²) in [7, 11) is 0. The van der Waals surface area contributed by atoms with Gasteiger partial charge in [0, 0.05) is 21.1 Å². The van der Waals surface area contributed by atoms with Crippen molar-refractivity contribution in [3.63, 3.8) is 0 Å². The molecule has 0 unspecified atom stereocenters. The molecule has 0 aliphatic heterocycles. The van der Waals surface area contributed by atoms with Crippen LogP contribution in [0.4, 0.5) is 0 Å². The van der Waals surface area contributed by atoms with Crippen LogP contribution in [0.15, 0.2) is 35.5 Å². The van der Waals surface area contributed by atoms with Crippen molar-refractivity contribution in [2.24, 2.45) is 5.16 Å². The predicted octanol–water partition coefficient (Wildman–Crippen LogP) is 1.37. The second-order valence-electron chi connectivity index (χ2n) is 1.58. The van der Waals surface area contributed by atoms with Crippen LogP contribution in [0.2, 0.25) is 0 Å². The Labute approximate surface area is 73.8 Å². The van der Waals surface area contributed by atoms with Crippen molar-refractivity contribution < 1.29 is 26.3 Å². The molecule has 0 spiro atoms. The van der Waals surface area contributed by atoms with Gasteiger partial charge in [0.2, 0.25) is 0 Å². The Morgan fingerprint density at radius 1 is 1.20 bits per heavy atom. The molecule has 0 saturated carbocycles. The molecule has 52 valence electrons. The van der Waals surface area contributed by atoms with Gasteiger partial charge in [-0.05, 0) is 6.21 Å². The molecular formula is C7H6NOW-. The van der Waals surface area contributed by atoms with E-state index >= 15 is 0 Å². The van der Waals surface area contributed by atoms with E-state index in [1.807, 2.05) is 18.2 Å². The summed E-state index contributed by atoms with van der Waals surface area (Å²) in [5.74, 6) is 0. The van der Waals surface area contributed by atoms with Crippen LogP contribution < -0.4 is 0 Å². The third-order valence-corrected chi connectivity index (χ3v) is 0.953.